The van der Waals surface area contributed by atoms with Crippen LogP contribution >= 0.6 is 0 Å². The van der Waals surface area contributed by atoms with Gasteiger partial charge in [-0.2, -0.15) is 17.7 Å². The van der Waals surface area contributed by atoms with Crippen LogP contribution in [0.2, 0.25) is 0 Å². The standard InChI is InChI=1S/C14H15F2N5O3S/c15-14(16)10(13(14)3-6-21(7-4-13)25(17,22)23)11-19-12(24-20-11)9-2-1-5-18-8-9/h1-2,5,8,10H,3-4,6-7H2,(H2,17,22,23)/t10-/m0/s1. The zero-order valence-electron chi connectivity index (χ0n) is 13.0. The number of hydrogen-bond donors (Lipinski definition) is 1. The Morgan fingerprint density at radius 1 is 1.32 bits per heavy atom. The number of alkyl halides is 2. The van der Waals surface area contributed by atoms with Gasteiger partial charge in [0.25, 0.3) is 22.0 Å². The third-order valence-electron chi connectivity index (χ3n) is 5.08. The first-order valence-electron chi connectivity index (χ1n) is 7.65. The minimum absolute atomic E-state index is 0.00212. The summed E-state index contributed by atoms with van der Waals surface area (Å²) in [7, 11) is -3.87. The molecule has 4 rings (SSSR count). The number of hydrogen-bond acceptors (Lipinski definition) is 6. The first-order chi connectivity index (χ1) is 11.8. The van der Waals surface area contributed by atoms with E-state index >= 15 is 0 Å². The molecule has 1 aliphatic heterocycles. The third kappa shape index (κ3) is 2.45. The number of aromatic nitrogens is 3. The molecule has 0 aromatic carbocycles. The van der Waals surface area contributed by atoms with Crippen molar-refractivity contribution in [2.24, 2.45) is 10.6 Å². The maximum atomic E-state index is 14.5. The predicted molar refractivity (Wildman–Crippen MR) is 81.6 cm³/mol. The van der Waals surface area contributed by atoms with Crippen LogP contribution in [0.25, 0.3) is 11.5 Å². The van der Waals surface area contributed by atoms with Gasteiger partial charge in [0.05, 0.1) is 16.9 Å². The van der Waals surface area contributed by atoms with Crippen LogP contribution in [-0.2, 0) is 10.2 Å². The van der Waals surface area contributed by atoms with Gasteiger partial charge in [0.2, 0.25) is 0 Å². The van der Waals surface area contributed by atoms with Crippen molar-refractivity contribution in [3.05, 3.63) is 30.4 Å². The molecule has 2 fully saturated rings. The van der Waals surface area contributed by atoms with Gasteiger partial charge in [-0.25, -0.2) is 13.9 Å². The highest BCUT2D eigenvalue weighted by Gasteiger charge is 2.82. The molecular formula is C14H15F2N5O3S. The van der Waals surface area contributed by atoms with Gasteiger partial charge < -0.3 is 4.52 Å². The fourth-order valence-corrected chi connectivity index (χ4v) is 4.33. The molecule has 25 heavy (non-hydrogen) atoms. The normalized spacial score (nSPS) is 25.2. The highest BCUT2D eigenvalue weighted by molar-refractivity contribution is 7.86. The molecule has 1 spiro atoms. The van der Waals surface area contributed by atoms with Gasteiger partial charge in [-0.05, 0) is 25.0 Å². The van der Waals surface area contributed by atoms with Crippen LogP contribution < -0.4 is 5.14 Å². The largest absolute Gasteiger partial charge is 0.334 e. The molecule has 1 saturated heterocycles. The summed E-state index contributed by atoms with van der Waals surface area (Å²) in [6.07, 6.45) is 3.07. The molecule has 2 aromatic rings. The van der Waals surface area contributed by atoms with Crippen molar-refractivity contribution in [1.29, 1.82) is 0 Å². The van der Waals surface area contributed by atoms with Crippen LogP contribution in [0.5, 0.6) is 0 Å². The number of nitrogens with zero attached hydrogens (tertiary/aromatic N) is 4. The van der Waals surface area contributed by atoms with Gasteiger partial charge in [0.15, 0.2) is 5.82 Å². The third-order valence-corrected chi connectivity index (χ3v) is 6.16. The van der Waals surface area contributed by atoms with Gasteiger partial charge in [0.1, 0.15) is 0 Å². The molecule has 2 aliphatic rings. The van der Waals surface area contributed by atoms with Gasteiger partial charge in [-0.1, -0.05) is 5.16 Å². The molecule has 0 unspecified atom stereocenters. The maximum absolute atomic E-state index is 14.5. The maximum Gasteiger partial charge on any atom is 0.276 e. The summed E-state index contributed by atoms with van der Waals surface area (Å²) < 4.78 is 57.9. The molecule has 2 N–H and O–H groups in total. The lowest BCUT2D eigenvalue weighted by Gasteiger charge is -2.30. The summed E-state index contributed by atoms with van der Waals surface area (Å²) in [6, 6.07) is 3.37. The Bertz CT molecular complexity index is 894. The van der Waals surface area contributed by atoms with Gasteiger partial charge >= 0.3 is 0 Å². The molecule has 2 aromatic heterocycles. The van der Waals surface area contributed by atoms with E-state index in [-0.39, 0.29) is 37.6 Å². The molecular weight excluding hydrogens is 356 g/mol. The van der Waals surface area contributed by atoms with E-state index in [1.54, 1.807) is 18.3 Å². The van der Waals surface area contributed by atoms with Crippen LogP contribution in [0, 0.1) is 5.41 Å². The van der Waals surface area contributed by atoms with E-state index in [0.717, 1.165) is 4.31 Å². The molecule has 1 aliphatic carbocycles. The van der Waals surface area contributed by atoms with Crippen molar-refractivity contribution >= 4 is 10.2 Å². The molecule has 0 amide bonds. The monoisotopic (exact) mass is 371 g/mol. The zero-order chi connectivity index (χ0) is 17.9. The van der Waals surface area contributed by atoms with Crippen molar-refractivity contribution in [3.63, 3.8) is 0 Å². The molecule has 1 atom stereocenters. The average molecular weight is 371 g/mol. The summed E-state index contributed by atoms with van der Waals surface area (Å²) >= 11 is 0. The van der Waals surface area contributed by atoms with E-state index in [0.29, 0.717) is 5.56 Å². The van der Waals surface area contributed by atoms with E-state index < -0.39 is 27.5 Å². The number of halogens is 2. The van der Waals surface area contributed by atoms with Gasteiger partial charge in [-0.15, -0.1) is 0 Å². The van der Waals surface area contributed by atoms with Crippen LogP contribution in [0.15, 0.2) is 29.0 Å². The van der Waals surface area contributed by atoms with Crippen molar-refractivity contribution in [2.75, 3.05) is 13.1 Å². The fourth-order valence-electron chi connectivity index (χ4n) is 3.64. The summed E-state index contributed by atoms with van der Waals surface area (Å²) in [5.74, 6) is -4.12. The number of piperidine rings is 1. The molecule has 0 bridgehead atoms. The highest BCUT2D eigenvalue weighted by atomic mass is 32.2. The molecule has 134 valence electrons. The average Bonchev–Trinajstić information content (AvgIpc) is 2.91. The fraction of sp³-hybridized carbons (Fsp3) is 0.500. The number of nitrogens with two attached hydrogens (primary N) is 1. The van der Waals surface area contributed by atoms with Gasteiger partial charge in [-0.3, -0.25) is 4.98 Å². The molecule has 11 heteroatoms. The minimum atomic E-state index is -3.87. The summed E-state index contributed by atoms with van der Waals surface area (Å²) in [5.41, 5.74) is -0.798. The van der Waals surface area contributed by atoms with E-state index in [9.17, 15) is 17.2 Å². The Hall–Kier alpha value is -1.98. The van der Waals surface area contributed by atoms with E-state index in [2.05, 4.69) is 15.1 Å². The predicted octanol–water partition coefficient (Wildman–Crippen LogP) is 1.15. The second-order valence-electron chi connectivity index (χ2n) is 6.36. The van der Waals surface area contributed by atoms with Crippen LogP contribution in [0.4, 0.5) is 8.78 Å². The lowest BCUT2D eigenvalue weighted by atomic mass is 9.91. The second-order valence-corrected chi connectivity index (χ2v) is 7.90. The van der Waals surface area contributed by atoms with Crippen LogP contribution in [0.1, 0.15) is 24.6 Å². The van der Waals surface area contributed by atoms with Crippen LogP contribution in [0.3, 0.4) is 0 Å². The smallest absolute Gasteiger partial charge is 0.276 e. The Kier molecular flexibility index (Phi) is 3.47. The van der Waals surface area contributed by atoms with Crippen LogP contribution in [-0.4, -0.2) is 46.9 Å². The van der Waals surface area contributed by atoms with E-state index in [1.165, 1.54) is 6.20 Å². The quantitative estimate of drug-likeness (QED) is 0.865. The topological polar surface area (TPSA) is 115 Å². The van der Waals surface area contributed by atoms with Crippen molar-refractivity contribution in [3.8, 4) is 11.5 Å². The summed E-state index contributed by atoms with van der Waals surface area (Å²) in [4.78, 5) is 8.03. The zero-order valence-corrected chi connectivity index (χ0v) is 13.8. The molecule has 8 nitrogen and oxygen atoms in total. The van der Waals surface area contributed by atoms with Crippen molar-refractivity contribution < 1.29 is 21.7 Å². The van der Waals surface area contributed by atoms with Gasteiger partial charge in [0, 0.05) is 25.5 Å². The lowest BCUT2D eigenvalue weighted by molar-refractivity contribution is 0.0411. The van der Waals surface area contributed by atoms with E-state index in [4.69, 9.17) is 9.66 Å². The molecule has 3 heterocycles. The van der Waals surface area contributed by atoms with E-state index in [1.807, 2.05) is 0 Å². The number of rotatable bonds is 3. The minimum Gasteiger partial charge on any atom is -0.334 e. The summed E-state index contributed by atoms with van der Waals surface area (Å²) in [5, 5.41) is 8.78. The Morgan fingerprint density at radius 3 is 2.64 bits per heavy atom. The molecule has 1 saturated carbocycles. The molecule has 0 radical (unpaired) electrons. The lowest BCUT2D eigenvalue weighted by Crippen LogP contribution is -2.43. The van der Waals surface area contributed by atoms with Crippen molar-refractivity contribution in [2.45, 2.75) is 24.7 Å². The second kappa shape index (κ2) is 5.26. The Morgan fingerprint density at radius 2 is 2.04 bits per heavy atom. The summed E-state index contributed by atoms with van der Waals surface area (Å²) in [6.45, 7) is -0.0868. The number of pyridine rings is 1. The first-order valence-corrected chi connectivity index (χ1v) is 9.16. The Balaban J connectivity index is 1.57. The SMILES string of the molecule is NS(=O)(=O)N1CCC2(CC1)[C@H](c1noc(-c3cccnc3)n1)C2(F)F. The van der Waals surface area contributed by atoms with Crippen molar-refractivity contribution in [1.82, 2.24) is 19.4 Å². The first kappa shape index (κ1) is 16.5. The highest BCUT2D eigenvalue weighted by Crippen LogP contribution is 2.75. The Labute approximate surface area is 142 Å².